The molecule has 0 amide bonds. The predicted octanol–water partition coefficient (Wildman–Crippen LogP) is 18.6. The van der Waals surface area contributed by atoms with E-state index in [0.29, 0.717) is 12.5 Å². The third-order valence-corrected chi connectivity index (χ3v) is 14.8. The number of benzene rings is 6. The summed E-state index contributed by atoms with van der Waals surface area (Å²) in [6.07, 6.45) is 29.9. The van der Waals surface area contributed by atoms with E-state index in [1.54, 1.807) is 0 Å². The number of nitrogens with one attached hydrogen (secondary N) is 1. The summed E-state index contributed by atoms with van der Waals surface area (Å²) >= 11 is 1.92. The highest BCUT2D eigenvalue weighted by molar-refractivity contribution is 7.10. The third-order valence-electron chi connectivity index (χ3n) is 13.7. The van der Waals surface area contributed by atoms with Gasteiger partial charge in [0, 0.05) is 37.7 Å². The van der Waals surface area contributed by atoms with E-state index in [0.717, 1.165) is 77.9 Å². The second kappa shape index (κ2) is 29.5. The number of hydrogen-bond acceptors (Lipinski definition) is 5. The lowest BCUT2D eigenvalue weighted by molar-refractivity contribution is 0.868. The van der Waals surface area contributed by atoms with Gasteiger partial charge in [-0.3, -0.25) is 14.9 Å². The maximum Gasteiger partial charge on any atom is 0.133 e. The standard InChI is InChI=1S/C44H45N3S.C23H20N2.C3H8.C2H6/c1-6-8-18-34-30(4)48-41-21-15-12-17-32(27-37(34)41)16-10-9-11-22-42(45-5)47-40-24-23-31(7-2)26-33(40)28-36-29(3)25-38-35-19-13-14-20-39(35)46-43(38)44(36)47;1-24-22(20-13-7-3-8-14-20)17-23(21-15-9-4-10-16-21)25-18-19-11-5-2-6-12-19;1-3-2;1-2/h8-10,12-14,17-27,32,46H,5-7,11,15-16,28H2,1-4H3;2-17H,1,18H2;3H2,1-2H3;1-2H3/b10-9-,17-12?,18-8-,37-27-,41-21+,42-22+;22-17-,25-23?;;. The Bertz CT molecular complexity index is 3580. The van der Waals surface area contributed by atoms with Crippen LogP contribution >= 0.6 is 11.3 Å². The predicted molar refractivity (Wildman–Crippen MR) is 346 cm³/mol. The second-order valence-electron chi connectivity index (χ2n) is 19.3. The Morgan fingerprint density at radius 2 is 1.45 bits per heavy atom. The molecule has 0 spiro atoms. The van der Waals surface area contributed by atoms with Crippen molar-refractivity contribution in [2.45, 2.75) is 107 Å². The fourth-order valence-corrected chi connectivity index (χ4v) is 11.0. The van der Waals surface area contributed by atoms with Gasteiger partial charge in [0.15, 0.2) is 0 Å². The van der Waals surface area contributed by atoms with Crippen LogP contribution in [0.4, 0.5) is 11.4 Å². The maximum atomic E-state index is 4.83. The molecule has 0 bridgehead atoms. The Kier molecular flexibility index (Phi) is 21.9. The van der Waals surface area contributed by atoms with Crippen molar-refractivity contribution in [3.63, 3.8) is 0 Å². The van der Waals surface area contributed by atoms with Gasteiger partial charge in [-0.15, -0.1) is 11.3 Å². The van der Waals surface area contributed by atoms with Crippen LogP contribution in [0.1, 0.15) is 123 Å². The number of aromatic amines is 1. The first-order valence-corrected chi connectivity index (χ1v) is 28.9. The molecule has 8 aromatic rings. The molecule has 2 aromatic heterocycles. The number of para-hydroxylation sites is 1. The maximum absolute atomic E-state index is 4.83. The molecule has 1 N–H and O–H groups in total. The summed E-state index contributed by atoms with van der Waals surface area (Å²) in [6.45, 7) is 25.6. The summed E-state index contributed by atoms with van der Waals surface area (Å²) in [7, 11) is 0. The molecule has 0 radical (unpaired) electrons. The second-order valence-corrected chi connectivity index (χ2v) is 20.5. The average molecular weight is 1050 g/mol. The van der Waals surface area contributed by atoms with Crippen LogP contribution in [0.3, 0.4) is 0 Å². The number of hydrogen-bond donors (Lipinski definition) is 1. The highest BCUT2D eigenvalue weighted by Gasteiger charge is 2.30. The Morgan fingerprint density at radius 3 is 2.14 bits per heavy atom. The van der Waals surface area contributed by atoms with Crippen molar-refractivity contribution in [3.8, 4) is 0 Å². The fraction of sp³-hybridized carbons (Fsp3) is 0.236. The first kappa shape index (κ1) is 57.8. The number of aromatic nitrogens is 1. The van der Waals surface area contributed by atoms with E-state index in [9.17, 15) is 0 Å². The molecular weight excluding hydrogens is 967 g/mol. The van der Waals surface area contributed by atoms with Crippen LogP contribution in [0.5, 0.6) is 0 Å². The summed E-state index contributed by atoms with van der Waals surface area (Å²) in [6, 6.07) is 48.3. The molecule has 10 rings (SSSR count). The van der Waals surface area contributed by atoms with Gasteiger partial charge in [0.25, 0.3) is 0 Å². The number of fused-ring (bicyclic) bond motifs is 7. The van der Waals surface area contributed by atoms with E-state index in [2.05, 4.69) is 202 Å². The molecule has 1 aliphatic heterocycles. The molecule has 3 heterocycles. The van der Waals surface area contributed by atoms with E-state index < -0.39 is 0 Å². The summed E-state index contributed by atoms with van der Waals surface area (Å²) < 4.78 is 1.40. The highest BCUT2D eigenvalue weighted by Crippen LogP contribution is 2.48. The molecule has 0 saturated heterocycles. The highest BCUT2D eigenvalue weighted by atomic mass is 32.1. The normalized spacial score (nSPS) is 14.9. The molecule has 1 aliphatic carbocycles. The number of allylic oxidation sites excluding steroid dienone is 7. The fourth-order valence-electron chi connectivity index (χ4n) is 9.88. The minimum absolute atomic E-state index is 0.365. The quantitative estimate of drug-likeness (QED) is 0.0807. The van der Waals surface area contributed by atoms with Crippen LogP contribution in [0.2, 0.25) is 0 Å². The Balaban J connectivity index is 0.000000247. The van der Waals surface area contributed by atoms with Gasteiger partial charge >= 0.3 is 0 Å². The Labute approximate surface area is 469 Å². The van der Waals surface area contributed by atoms with Gasteiger partial charge in [0.05, 0.1) is 34.8 Å². The van der Waals surface area contributed by atoms with Crippen molar-refractivity contribution in [1.82, 2.24) is 4.98 Å². The van der Waals surface area contributed by atoms with E-state index in [1.165, 1.54) is 76.6 Å². The minimum atomic E-state index is 0.365. The Hall–Kier alpha value is -7.93. The van der Waals surface area contributed by atoms with Crippen LogP contribution in [0, 0.1) is 19.8 Å². The number of H-pyrrole nitrogens is 1. The number of anilines is 2. The van der Waals surface area contributed by atoms with Gasteiger partial charge in [-0.05, 0) is 140 Å². The number of rotatable bonds is 15. The molecule has 0 fully saturated rings. The van der Waals surface area contributed by atoms with Crippen molar-refractivity contribution in [3.05, 3.63) is 247 Å². The third kappa shape index (κ3) is 14.4. The minimum Gasteiger partial charge on any atom is -0.353 e. The van der Waals surface area contributed by atoms with Gasteiger partial charge in [-0.25, -0.2) is 4.99 Å². The molecule has 1 unspecified atom stereocenters. The zero-order valence-electron chi connectivity index (χ0n) is 47.4. The molecule has 6 heteroatoms. The zero-order chi connectivity index (χ0) is 55.2. The van der Waals surface area contributed by atoms with Crippen molar-refractivity contribution in [1.29, 1.82) is 0 Å². The van der Waals surface area contributed by atoms with E-state index in [1.807, 2.05) is 98.0 Å². The first-order valence-electron chi connectivity index (χ1n) is 28.1. The average Bonchev–Trinajstić information content (AvgIpc) is 4.05. The monoisotopic (exact) mass is 1050 g/mol. The first-order chi connectivity index (χ1) is 38.3. The largest absolute Gasteiger partial charge is 0.353 e. The molecule has 0 saturated carbocycles. The van der Waals surface area contributed by atoms with E-state index >= 15 is 0 Å². The van der Waals surface area contributed by atoms with Crippen molar-refractivity contribution >= 4 is 87.6 Å². The van der Waals surface area contributed by atoms with Crippen LogP contribution in [0.15, 0.2) is 203 Å². The van der Waals surface area contributed by atoms with Gasteiger partial charge in [0.2, 0.25) is 0 Å². The lowest BCUT2D eigenvalue weighted by atomic mass is 9.89. The summed E-state index contributed by atoms with van der Waals surface area (Å²) in [5.41, 5.74) is 16.4. The summed E-state index contributed by atoms with van der Waals surface area (Å²) in [5, 5.41) is 3.90. The van der Waals surface area contributed by atoms with Gasteiger partial charge in [-0.1, -0.05) is 218 Å². The van der Waals surface area contributed by atoms with Crippen LogP contribution < -0.4 is 14.7 Å². The molecule has 1 atom stereocenters. The van der Waals surface area contributed by atoms with Gasteiger partial charge in [0.1, 0.15) is 5.82 Å². The van der Waals surface area contributed by atoms with Gasteiger partial charge < -0.3 is 4.98 Å². The van der Waals surface area contributed by atoms with Crippen LogP contribution in [-0.4, -0.2) is 24.1 Å². The number of aliphatic imine (C=N–C) groups is 3. The van der Waals surface area contributed by atoms with Gasteiger partial charge in [-0.2, -0.15) is 0 Å². The molecule has 78 heavy (non-hydrogen) atoms. The topological polar surface area (TPSA) is 56.1 Å². The smallest absolute Gasteiger partial charge is 0.133 e. The number of thiophene rings is 1. The lowest BCUT2D eigenvalue weighted by Gasteiger charge is -2.35. The van der Waals surface area contributed by atoms with Crippen molar-refractivity contribution < 1.29 is 0 Å². The SMILES string of the molecule is C=N/C(=C\C(=NCc1ccccc1)c1ccccc1)c1ccccc1.C=N/C(=C\C/C=C\CC1C=CC/C=c2/sc(C)c(/C=C\CC)/c2=C/1)N1c2ccc(CC)cc2Cc2c(C)cc3c([nH]c4ccccc43)c21.CC.CCC. The van der Waals surface area contributed by atoms with Crippen molar-refractivity contribution in [2.75, 3.05) is 4.90 Å². The molecule has 2 aliphatic rings. The van der Waals surface area contributed by atoms with E-state index in [-0.39, 0.29) is 0 Å². The molecular formula is C72H79N5S. The van der Waals surface area contributed by atoms with Crippen LogP contribution in [0.25, 0.3) is 45.7 Å². The lowest BCUT2D eigenvalue weighted by Crippen LogP contribution is -2.23. The zero-order valence-corrected chi connectivity index (χ0v) is 48.2. The van der Waals surface area contributed by atoms with Crippen LogP contribution in [-0.2, 0) is 19.4 Å². The molecule has 398 valence electrons. The Morgan fingerprint density at radius 1 is 0.756 bits per heavy atom. The number of nitrogens with zero attached hydrogens (tertiary/aromatic N) is 4. The number of aryl methyl sites for hydroxylation is 3. The molecule has 5 nitrogen and oxygen atoms in total. The van der Waals surface area contributed by atoms with Crippen molar-refractivity contribution in [2.24, 2.45) is 20.9 Å². The summed E-state index contributed by atoms with van der Waals surface area (Å²) in [4.78, 5) is 21.2. The summed E-state index contributed by atoms with van der Waals surface area (Å²) in [5.74, 6) is 1.24. The van der Waals surface area contributed by atoms with E-state index in [4.69, 9.17) is 4.99 Å². The molecule has 6 aromatic carbocycles.